The maximum atomic E-state index is 5.68. The van der Waals surface area contributed by atoms with Gasteiger partial charge in [-0.1, -0.05) is 35.4 Å². The molecule has 0 spiro atoms. The average Bonchev–Trinajstić information content (AvgIpc) is 1.85. The smallest absolute Gasteiger partial charge is 0.0427 e. The quantitative estimate of drug-likeness (QED) is 0.613. The van der Waals surface area contributed by atoms with Gasteiger partial charge in [-0.2, -0.15) is 0 Å². The van der Waals surface area contributed by atoms with Gasteiger partial charge in [0.15, 0.2) is 0 Å². The van der Waals surface area contributed by atoms with E-state index in [9.17, 15) is 0 Å². The van der Waals surface area contributed by atoms with Gasteiger partial charge in [-0.05, 0) is 23.8 Å². The minimum atomic E-state index is 0.614. The zero-order chi connectivity index (χ0) is 7.56. The van der Waals surface area contributed by atoms with E-state index in [-0.39, 0.29) is 0 Å². The first kappa shape index (κ1) is 7.99. The summed E-state index contributed by atoms with van der Waals surface area (Å²) in [6.07, 6.45) is 0. The van der Waals surface area contributed by atoms with Crippen LogP contribution in [0.5, 0.6) is 0 Å². The van der Waals surface area contributed by atoms with Crippen LogP contribution < -0.4 is 0 Å². The highest BCUT2D eigenvalue weighted by molar-refractivity contribution is 7.79. The first-order valence-corrected chi connectivity index (χ1v) is 3.86. The second-order valence-corrected chi connectivity index (χ2v) is 2.93. The molecule has 0 aromatic heterocycles. The standard InChI is InChI=1S/C7H4Cl2S/c8-6-1-5(4-10)2-7(9)3-6/h1-4H. The third-order valence-electron chi connectivity index (χ3n) is 1.02. The molecule has 0 bridgehead atoms. The fraction of sp³-hybridized carbons (Fsp3) is 0. The molecule has 0 N–H and O–H groups in total. The van der Waals surface area contributed by atoms with Crippen LogP contribution >= 0.6 is 35.4 Å². The second kappa shape index (κ2) is 3.33. The van der Waals surface area contributed by atoms with Crippen LogP contribution in [-0.4, -0.2) is 5.37 Å². The number of thiocarbonyl (C=S) groups is 1. The zero-order valence-electron chi connectivity index (χ0n) is 4.97. The van der Waals surface area contributed by atoms with Gasteiger partial charge >= 0.3 is 0 Å². The monoisotopic (exact) mass is 190 g/mol. The van der Waals surface area contributed by atoms with Crippen LogP contribution in [0.4, 0.5) is 0 Å². The average molecular weight is 191 g/mol. The maximum Gasteiger partial charge on any atom is 0.0427 e. The summed E-state index contributed by atoms with van der Waals surface area (Å²) in [6, 6.07) is 5.20. The van der Waals surface area contributed by atoms with Crippen molar-refractivity contribution in [1.29, 1.82) is 0 Å². The first-order chi connectivity index (χ1) is 4.72. The lowest BCUT2D eigenvalue weighted by Gasteiger charge is -1.94. The Hall–Kier alpha value is -0.110. The predicted octanol–water partition coefficient (Wildman–Crippen LogP) is 3.34. The number of hydrogen-bond donors (Lipinski definition) is 0. The molecule has 3 heteroatoms. The van der Waals surface area contributed by atoms with Gasteiger partial charge < -0.3 is 0 Å². The summed E-state index contributed by atoms with van der Waals surface area (Å²) in [4.78, 5) is 0. The Labute approximate surface area is 74.8 Å². The highest BCUT2D eigenvalue weighted by atomic mass is 35.5. The lowest BCUT2D eigenvalue weighted by atomic mass is 10.2. The van der Waals surface area contributed by atoms with Crippen LogP contribution in [0.2, 0.25) is 10.0 Å². The Morgan fingerprint density at radius 1 is 1.10 bits per heavy atom. The van der Waals surface area contributed by atoms with Gasteiger partial charge in [0, 0.05) is 15.4 Å². The molecule has 52 valence electrons. The highest BCUT2D eigenvalue weighted by Crippen LogP contribution is 2.17. The zero-order valence-corrected chi connectivity index (χ0v) is 7.30. The van der Waals surface area contributed by atoms with E-state index in [2.05, 4.69) is 0 Å². The summed E-state index contributed by atoms with van der Waals surface area (Å²) < 4.78 is 0. The van der Waals surface area contributed by atoms with Crippen molar-refractivity contribution in [2.24, 2.45) is 0 Å². The van der Waals surface area contributed by atoms with E-state index in [0.717, 1.165) is 5.56 Å². The lowest BCUT2D eigenvalue weighted by Crippen LogP contribution is -1.76. The molecule has 1 rings (SSSR count). The molecule has 0 atom stereocenters. The fourth-order valence-corrected chi connectivity index (χ4v) is 1.32. The molecule has 0 nitrogen and oxygen atoms in total. The molecule has 1 aromatic carbocycles. The van der Waals surface area contributed by atoms with Crippen molar-refractivity contribution >= 4 is 40.8 Å². The van der Waals surface area contributed by atoms with Gasteiger partial charge in [0.2, 0.25) is 0 Å². The topological polar surface area (TPSA) is 0 Å². The Kier molecular flexibility index (Phi) is 2.66. The van der Waals surface area contributed by atoms with Crippen molar-refractivity contribution in [3.8, 4) is 0 Å². The molecule has 0 unspecified atom stereocenters. The minimum absolute atomic E-state index is 0.614. The summed E-state index contributed by atoms with van der Waals surface area (Å²) in [5, 5.41) is 2.77. The number of halogens is 2. The third kappa shape index (κ3) is 1.94. The molecular formula is C7H4Cl2S. The van der Waals surface area contributed by atoms with Crippen molar-refractivity contribution in [2.45, 2.75) is 0 Å². The highest BCUT2D eigenvalue weighted by Gasteiger charge is 1.93. The molecule has 0 radical (unpaired) electrons. The van der Waals surface area contributed by atoms with Gasteiger partial charge in [-0.25, -0.2) is 0 Å². The molecule has 0 saturated heterocycles. The van der Waals surface area contributed by atoms with Gasteiger partial charge in [0.05, 0.1) is 0 Å². The van der Waals surface area contributed by atoms with Crippen LogP contribution in [-0.2, 0) is 0 Å². The molecule has 0 fully saturated rings. The van der Waals surface area contributed by atoms with Crippen molar-refractivity contribution in [1.82, 2.24) is 0 Å². The summed E-state index contributed by atoms with van der Waals surface area (Å²) >= 11 is 16.1. The van der Waals surface area contributed by atoms with E-state index in [4.69, 9.17) is 35.4 Å². The summed E-state index contributed by atoms with van der Waals surface area (Å²) in [6.45, 7) is 0. The number of benzene rings is 1. The van der Waals surface area contributed by atoms with Gasteiger partial charge in [-0.3, -0.25) is 0 Å². The fourth-order valence-electron chi connectivity index (χ4n) is 0.643. The van der Waals surface area contributed by atoms with Crippen LogP contribution in [0, 0.1) is 0 Å². The molecule has 1 aromatic rings. The van der Waals surface area contributed by atoms with Crippen LogP contribution in [0.15, 0.2) is 18.2 Å². The molecule has 0 aliphatic rings. The molecule has 10 heavy (non-hydrogen) atoms. The Bertz CT molecular complexity index is 238. The van der Waals surface area contributed by atoms with Crippen molar-refractivity contribution in [2.75, 3.05) is 0 Å². The van der Waals surface area contributed by atoms with Crippen LogP contribution in [0.1, 0.15) is 5.56 Å². The van der Waals surface area contributed by atoms with Gasteiger partial charge in [-0.15, -0.1) is 0 Å². The van der Waals surface area contributed by atoms with Crippen LogP contribution in [0.3, 0.4) is 0 Å². The number of rotatable bonds is 1. The molecule has 0 aliphatic heterocycles. The van der Waals surface area contributed by atoms with E-state index in [0.29, 0.717) is 10.0 Å². The molecule has 0 amide bonds. The van der Waals surface area contributed by atoms with E-state index < -0.39 is 0 Å². The summed E-state index contributed by atoms with van der Waals surface area (Å²) in [5.41, 5.74) is 0.868. The maximum absolute atomic E-state index is 5.68. The SMILES string of the molecule is S=Cc1cc(Cl)cc(Cl)c1. The van der Waals surface area contributed by atoms with Crippen molar-refractivity contribution in [3.05, 3.63) is 33.8 Å². The first-order valence-electron chi connectivity index (χ1n) is 2.63. The predicted molar refractivity (Wildman–Crippen MR) is 49.2 cm³/mol. The largest absolute Gasteiger partial charge is 0.0881 e. The third-order valence-corrected chi connectivity index (χ3v) is 1.73. The lowest BCUT2D eigenvalue weighted by molar-refractivity contribution is 1.68. The van der Waals surface area contributed by atoms with Crippen molar-refractivity contribution in [3.63, 3.8) is 0 Å². The van der Waals surface area contributed by atoms with E-state index in [1.165, 1.54) is 5.37 Å². The van der Waals surface area contributed by atoms with E-state index in [1.54, 1.807) is 18.2 Å². The summed E-state index contributed by atoms with van der Waals surface area (Å²) in [5.74, 6) is 0. The normalized spacial score (nSPS) is 9.40. The van der Waals surface area contributed by atoms with Crippen molar-refractivity contribution < 1.29 is 0 Å². The molecule has 0 aliphatic carbocycles. The minimum Gasteiger partial charge on any atom is -0.0881 e. The summed E-state index contributed by atoms with van der Waals surface area (Å²) in [7, 11) is 0. The Balaban J connectivity index is 3.18. The number of hydrogen-bond acceptors (Lipinski definition) is 1. The molecule has 0 saturated carbocycles. The second-order valence-electron chi connectivity index (χ2n) is 1.82. The Morgan fingerprint density at radius 2 is 1.60 bits per heavy atom. The van der Waals surface area contributed by atoms with Gasteiger partial charge in [0.1, 0.15) is 0 Å². The Morgan fingerprint density at radius 3 is 2.00 bits per heavy atom. The molecular weight excluding hydrogens is 187 g/mol. The van der Waals surface area contributed by atoms with E-state index in [1.807, 2.05) is 0 Å². The van der Waals surface area contributed by atoms with E-state index >= 15 is 0 Å². The van der Waals surface area contributed by atoms with Gasteiger partial charge in [0.25, 0.3) is 0 Å². The van der Waals surface area contributed by atoms with Crippen LogP contribution in [0.25, 0.3) is 0 Å². The molecule has 0 heterocycles.